The Morgan fingerprint density at radius 3 is 2.21 bits per heavy atom. The predicted octanol–water partition coefficient (Wildman–Crippen LogP) is 2.46. The number of nitrogens with zero attached hydrogens (tertiary/aromatic N) is 2. The number of β-amino-alcohol motifs (C(OH)–C–C–N with tert-alkyl or cyclic N) is 1. The van der Waals surface area contributed by atoms with Gasteiger partial charge in [-0.1, -0.05) is 19.1 Å². The molecular formula is C23H30N2O4. The van der Waals surface area contributed by atoms with Crippen LogP contribution in [-0.2, 0) is 6.42 Å². The van der Waals surface area contributed by atoms with E-state index in [1.54, 1.807) is 7.11 Å². The standard InChI is InChI=1S/C23H30N2O4/c1-3-18-4-6-19(7-5-18)23(27)25-14-12-24(13-15-25)16-20(26)17-29-22-10-8-21(28-2)9-11-22/h4-11,20,26H,3,12-17H2,1-2H3. The zero-order valence-electron chi connectivity index (χ0n) is 17.2. The van der Waals surface area contributed by atoms with Crippen molar-refractivity contribution < 1.29 is 19.4 Å². The molecule has 3 rings (SSSR count). The molecular weight excluding hydrogens is 368 g/mol. The molecule has 1 saturated heterocycles. The Bertz CT molecular complexity index is 768. The van der Waals surface area contributed by atoms with Gasteiger partial charge < -0.3 is 19.5 Å². The van der Waals surface area contributed by atoms with Gasteiger partial charge in [-0.25, -0.2) is 0 Å². The van der Waals surface area contributed by atoms with Crippen LogP contribution in [-0.4, -0.2) is 73.4 Å². The van der Waals surface area contributed by atoms with Gasteiger partial charge >= 0.3 is 0 Å². The Kier molecular flexibility index (Phi) is 7.49. The minimum atomic E-state index is -0.582. The van der Waals surface area contributed by atoms with E-state index in [1.165, 1.54) is 5.56 Å². The zero-order chi connectivity index (χ0) is 20.6. The molecule has 156 valence electrons. The van der Waals surface area contributed by atoms with Crippen LogP contribution in [0, 0.1) is 0 Å². The van der Waals surface area contributed by atoms with Gasteiger partial charge in [0.25, 0.3) is 5.91 Å². The average molecular weight is 399 g/mol. The van der Waals surface area contributed by atoms with E-state index in [9.17, 15) is 9.90 Å². The van der Waals surface area contributed by atoms with Gasteiger partial charge in [0.2, 0.25) is 0 Å². The Morgan fingerprint density at radius 2 is 1.62 bits per heavy atom. The largest absolute Gasteiger partial charge is 0.497 e. The number of rotatable bonds is 8. The number of carbonyl (C=O) groups excluding carboxylic acids is 1. The molecule has 6 nitrogen and oxygen atoms in total. The molecule has 1 N–H and O–H groups in total. The van der Waals surface area contributed by atoms with Crippen molar-refractivity contribution in [2.75, 3.05) is 46.4 Å². The second-order valence-electron chi connectivity index (χ2n) is 7.28. The molecule has 1 heterocycles. The quantitative estimate of drug-likeness (QED) is 0.740. The highest BCUT2D eigenvalue weighted by Gasteiger charge is 2.23. The van der Waals surface area contributed by atoms with Crippen molar-refractivity contribution in [1.82, 2.24) is 9.80 Å². The molecule has 2 aromatic rings. The fourth-order valence-electron chi connectivity index (χ4n) is 3.41. The topological polar surface area (TPSA) is 62.2 Å². The number of aliphatic hydroxyl groups excluding tert-OH is 1. The summed E-state index contributed by atoms with van der Waals surface area (Å²) in [5, 5.41) is 10.3. The summed E-state index contributed by atoms with van der Waals surface area (Å²) < 4.78 is 10.8. The van der Waals surface area contributed by atoms with E-state index in [4.69, 9.17) is 9.47 Å². The Hall–Kier alpha value is -2.57. The highest BCUT2D eigenvalue weighted by molar-refractivity contribution is 5.94. The number of hydrogen-bond donors (Lipinski definition) is 1. The van der Waals surface area contributed by atoms with E-state index in [1.807, 2.05) is 53.4 Å². The summed E-state index contributed by atoms with van der Waals surface area (Å²) in [6, 6.07) is 15.2. The van der Waals surface area contributed by atoms with Crippen LogP contribution >= 0.6 is 0 Å². The third kappa shape index (κ3) is 5.95. The van der Waals surface area contributed by atoms with E-state index in [-0.39, 0.29) is 12.5 Å². The van der Waals surface area contributed by atoms with E-state index in [2.05, 4.69) is 11.8 Å². The first-order chi connectivity index (χ1) is 14.1. The van der Waals surface area contributed by atoms with Crippen molar-refractivity contribution in [3.8, 4) is 11.5 Å². The SMILES string of the molecule is CCc1ccc(C(=O)N2CCN(CC(O)COc3ccc(OC)cc3)CC2)cc1. The molecule has 0 bridgehead atoms. The predicted molar refractivity (Wildman–Crippen MR) is 113 cm³/mol. The summed E-state index contributed by atoms with van der Waals surface area (Å²) >= 11 is 0. The van der Waals surface area contributed by atoms with Gasteiger partial charge in [0.05, 0.1) is 7.11 Å². The minimum absolute atomic E-state index is 0.0793. The molecule has 2 aromatic carbocycles. The summed E-state index contributed by atoms with van der Waals surface area (Å²) in [6.07, 6.45) is 0.387. The molecule has 1 aliphatic heterocycles. The number of hydrogen-bond acceptors (Lipinski definition) is 5. The third-order valence-corrected chi connectivity index (χ3v) is 5.24. The van der Waals surface area contributed by atoms with Crippen molar-refractivity contribution in [1.29, 1.82) is 0 Å². The number of benzene rings is 2. The molecule has 1 atom stereocenters. The molecule has 1 unspecified atom stereocenters. The first-order valence-electron chi connectivity index (χ1n) is 10.1. The lowest BCUT2D eigenvalue weighted by Gasteiger charge is -2.35. The molecule has 1 aliphatic rings. The normalized spacial score (nSPS) is 15.8. The smallest absolute Gasteiger partial charge is 0.253 e. The number of aliphatic hydroxyl groups is 1. The first-order valence-corrected chi connectivity index (χ1v) is 10.1. The minimum Gasteiger partial charge on any atom is -0.497 e. The number of piperazine rings is 1. The maximum atomic E-state index is 12.7. The Morgan fingerprint density at radius 1 is 1.00 bits per heavy atom. The van der Waals surface area contributed by atoms with E-state index in [0.29, 0.717) is 25.4 Å². The van der Waals surface area contributed by atoms with Gasteiger partial charge in [-0.3, -0.25) is 9.69 Å². The van der Waals surface area contributed by atoms with Gasteiger partial charge in [-0.05, 0) is 48.4 Å². The second kappa shape index (κ2) is 10.3. The highest BCUT2D eigenvalue weighted by Crippen LogP contribution is 2.17. The van der Waals surface area contributed by atoms with Crippen LogP contribution < -0.4 is 9.47 Å². The molecule has 1 fully saturated rings. The highest BCUT2D eigenvalue weighted by atomic mass is 16.5. The number of methoxy groups -OCH3 is 1. The molecule has 6 heteroatoms. The van der Waals surface area contributed by atoms with Crippen molar-refractivity contribution >= 4 is 5.91 Å². The lowest BCUT2D eigenvalue weighted by molar-refractivity contribution is 0.0403. The summed E-state index contributed by atoms with van der Waals surface area (Å²) in [5.41, 5.74) is 1.97. The Labute approximate surface area is 172 Å². The molecule has 1 amide bonds. The molecule has 0 spiro atoms. The van der Waals surface area contributed by atoms with Gasteiger partial charge in [-0.2, -0.15) is 0 Å². The maximum Gasteiger partial charge on any atom is 0.253 e. The van der Waals surface area contributed by atoms with Crippen LogP contribution in [0.15, 0.2) is 48.5 Å². The summed E-state index contributed by atoms with van der Waals surface area (Å²) in [7, 11) is 1.62. The van der Waals surface area contributed by atoms with E-state index >= 15 is 0 Å². The van der Waals surface area contributed by atoms with Crippen LogP contribution in [0.2, 0.25) is 0 Å². The van der Waals surface area contributed by atoms with Crippen molar-refractivity contribution in [2.45, 2.75) is 19.4 Å². The zero-order valence-corrected chi connectivity index (χ0v) is 17.2. The van der Waals surface area contributed by atoms with Gasteiger partial charge in [0, 0.05) is 38.3 Å². The fourth-order valence-corrected chi connectivity index (χ4v) is 3.41. The van der Waals surface area contributed by atoms with Gasteiger partial charge in [-0.15, -0.1) is 0 Å². The average Bonchev–Trinajstić information content (AvgIpc) is 2.78. The molecule has 0 saturated carbocycles. The monoisotopic (exact) mass is 398 g/mol. The first kappa shape index (κ1) is 21.1. The number of carbonyl (C=O) groups is 1. The maximum absolute atomic E-state index is 12.7. The van der Waals surface area contributed by atoms with Crippen molar-refractivity contribution in [3.05, 3.63) is 59.7 Å². The lowest BCUT2D eigenvalue weighted by atomic mass is 10.1. The Balaban J connectivity index is 1.40. The molecule has 0 radical (unpaired) electrons. The van der Waals surface area contributed by atoms with E-state index in [0.717, 1.165) is 30.8 Å². The third-order valence-electron chi connectivity index (χ3n) is 5.24. The van der Waals surface area contributed by atoms with Crippen LogP contribution in [0.3, 0.4) is 0 Å². The van der Waals surface area contributed by atoms with Crippen LogP contribution in [0.5, 0.6) is 11.5 Å². The number of aryl methyl sites for hydroxylation is 1. The number of amides is 1. The molecule has 0 aliphatic carbocycles. The van der Waals surface area contributed by atoms with Crippen molar-refractivity contribution in [3.63, 3.8) is 0 Å². The summed E-state index contributed by atoms with van der Waals surface area (Å²) in [4.78, 5) is 16.7. The number of ether oxygens (including phenoxy) is 2. The lowest BCUT2D eigenvalue weighted by Crippen LogP contribution is -2.50. The van der Waals surface area contributed by atoms with Crippen LogP contribution in [0.4, 0.5) is 0 Å². The van der Waals surface area contributed by atoms with Crippen molar-refractivity contribution in [2.24, 2.45) is 0 Å². The van der Waals surface area contributed by atoms with E-state index < -0.39 is 6.10 Å². The molecule has 29 heavy (non-hydrogen) atoms. The molecule has 0 aromatic heterocycles. The van der Waals surface area contributed by atoms with Gasteiger partial charge in [0.15, 0.2) is 0 Å². The summed E-state index contributed by atoms with van der Waals surface area (Å²) in [5.74, 6) is 1.55. The van der Waals surface area contributed by atoms with Gasteiger partial charge in [0.1, 0.15) is 24.2 Å². The second-order valence-corrected chi connectivity index (χ2v) is 7.28. The van der Waals surface area contributed by atoms with Crippen LogP contribution in [0.1, 0.15) is 22.8 Å². The van der Waals surface area contributed by atoms with Crippen LogP contribution in [0.25, 0.3) is 0 Å². The fraction of sp³-hybridized carbons (Fsp3) is 0.435. The summed E-state index contributed by atoms with van der Waals surface area (Å²) in [6.45, 7) is 5.70.